The zero-order chi connectivity index (χ0) is 15.1. The van der Waals surface area contributed by atoms with Crippen molar-refractivity contribution in [1.29, 1.82) is 0 Å². The Labute approximate surface area is 121 Å². The van der Waals surface area contributed by atoms with Gasteiger partial charge in [0.1, 0.15) is 0 Å². The average molecular weight is 284 g/mol. The Morgan fingerprint density at radius 1 is 1.33 bits per heavy atom. The summed E-state index contributed by atoms with van der Waals surface area (Å²) in [5, 5.41) is 13.4. The highest BCUT2D eigenvalue weighted by molar-refractivity contribution is 5.91. The number of nitrogens with zero attached hydrogens (tertiary/aromatic N) is 1. The number of aromatic nitrogens is 1. The van der Waals surface area contributed by atoms with Crippen LogP contribution in [0.4, 0.5) is 5.69 Å². The summed E-state index contributed by atoms with van der Waals surface area (Å²) in [7, 11) is 0. The van der Waals surface area contributed by atoms with Crippen LogP contribution in [0.5, 0.6) is 0 Å². The van der Waals surface area contributed by atoms with Crippen LogP contribution in [-0.2, 0) is 11.3 Å². The van der Waals surface area contributed by atoms with Crippen molar-refractivity contribution in [2.45, 2.75) is 6.54 Å². The lowest BCUT2D eigenvalue weighted by Gasteiger charge is -1.99. The summed E-state index contributed by atoms with van der Waals surface area (Å²) in [6.07, 6.45) is 6.48. The molecule has 2 aromatic rings. The van der Waals surface area contributed by atoms with Crippen molar-refractivity contribution in [2.75, 3.05) is 0 Å². The Hall–Kier alpha value is -3.02. The predicted octanol–water partition coefficient (Wildman–Crippen LogP) is 1.74. The number of nitro benzene ring substituents is 1. The quantitative estimate of drug-likeness (QED) is 0.515. The van der Waals surface area contributed by atoms with E-state index in [1.54, 1.807) is 30.6 Å². The van der Waals surface area contributed by atoms with Crippen molar-refractivity contribution in [3.8, 4) is 0 Å². The van der Waals surface area contributed by atoms with E-state index in [1.807, 2.05) is 12.1 Å². The number of H-pyrrole nitrogens is 1. The van der Waals surface area contributed by atoms with Gasteiger partial charge < -0.3 is 5.32 Å². The number of carbonyl (C=O) groups is 1. The molecule has 1 aromatic heterocycles. The summed E-state index contributed by atoms with van der Waals surface area (Å²) in [6.45, 7) is 0.412. The van der Waals surface area contributed by atoms with Gasteiger partial charge in [-0.15, -0.1) is 0 Å². The van der Waals surface area contributed by atoms with Gasteiger partial charge in [0.2, 0.25) is 5.91 Å². The molecule has 0 unspecified atom stereocenters. The first kappa shape index (κ1) is 14.4. The predicted molar refractivity (Wildman–Crippen MR) is 77.0 cm³/mol. The van der Waals surface area contributed by atoms with Crippen molar-refractivity contribution in [1.82, 2.24) is 5.32 Å². The molecule has 0 aliphatic heterocycles. The van der Waals surface area contributed by atoms with Crippen LogP contribution in [0, 0.1) is 10.1 Å². The molecule has 1 heterocycles. The number of nitrogens with one attached hydrogen (secondary N) is 2. The molecule has 0 aliphatic carbocycles. The van der Waals surface area contributed by atoms with E-state index in [9.17, 15) is 14.9 Å². The lowest BCUT2D eigenvalue weighted by Crippen LogP contribution is -2.21. The maximum atomic E-state index is 11.7. The monoisotopic (exact) mass is 284 g/mol. The van der Waals surface area contributed by atoms with Crippen LogP contribution in [0.25, 0.3) is 6.08 Å². The van der Waals surface area contributed by atoms with Crippen molar-refractivity contribution >= 4 is 17.7 Å². The molecule has 1 aromatic carbocycles. The van der Waals surface area contributed by atoms with Crippen LogP contribution in [0.1, 0.15) is 11.1 Å². The van der Waals surface area contributed by atoms with E-state index in [4.69, 9.17) is 0 Å². The Bertz CT molecular complexity index is 669. The van der Waals surface area contributed by atoms with E-state index in [2.05, 4.69) is 10.3 Å². The van der Waals surface area contributed by atoms with Gasteiger partial charge in [-0.05, 0) is 17.7 Å². The third-order valence-electron chi connectivity index (χ3n) is 2.75. The minimum absolute atomic E-state index is 0.00243. The van der Waals surface area contributed by atoms with Crippen molar-refractivity contribution in [2.24, 2.45) is 0 Å². The highest BCUT2D eigenvalue weighted by Gasteiger charge is 2.04. The number of amides is 1. The number of hydrogen-bond donors (Lipinski definition) is 1. The second-order valence-electron chi connectivity index (χ2n) is 4.31. The first-order valence-corrected chi connectivity index (χ1v) is 6.30. The molecule has 6 nitrogen and oxygen atoms in total. The van der Waals surface area contributed by atoms with E-state index in [1.165, 1.54) is 18.2 Å². The first-order valence-electron chi connectivity index (χ1n) is 6.30. The van der Waals surface area contributed by atoms with Gasteiger partial charge in [0.05, 0.1) is 4.92 Å². The summed E-state index contributed by atoms with van der Waals surface area (Å²) in [5.74, 6) is -0.259. The highest BCUT2D eigenvalue weighted by Crippen LogP contribution is 2.13. The smallest absolute Gasteiger partial charge is 0.270 e. The average Bonchev–Trinajstić information content (AvgIpc) is 2.52. The number of nitro groups is 1. The molecule has 0 fully saturated rings. The minimum atomic E-state index is -0.469. The molecule has 0 spiro atoms. The number of benzene rings is 1. The third kappa shape index (κ3) is 4.54. The number of rotatable bonds is 5. The zero-order valence-corrected chi connectivity index (χ0v) is 11.2. The van der Waals surface area contributed by atoms with Gasteiger partial charge >= 0.3 is 0 Å². The number of pyridine rings is 1. The molecule has 1 amide bonds. The molecule has 2 N–H and O–H groups in total. The molecule has 21 heavy (non-hydrogen) atoms. The Balaban J connectivity index is 1.93. The lowest BCUT2D eigenvalue weighted by atomic mass is 10.2. The first-order chi connectivity index (χ1) is 10.1. The fourth-order valence-electron chi connectivity index (χ4n) is 1.70. The molecular weight excluding hydrogens is 270 g/mol. The van der Waals surface area contributed by atoms with Crippen LogP contribution >= 0.6 is 0 Å². The molecule has 0 atom stereocenters. The van der Waals surface area contributed by atoms with Gasteiger partial charge in [-0.25, -0.2) is 4.98 Å². The van der Waals surface area contributed by atoms with E-state index in [0.717, 1.165) is 5.56 Å². The third-order valence-corrected chi connectivity index (χ3v) is 2.75. The molecule has 6 heteroatoms. The van der Waals surface area contributed by atoms with Crippen molar-refractivity contribution in [3.63, 3.8) is 0 Å². The van der Waals surface area contributed by atoms with Gasteiger partial charge in [0, 0.05) is 36.4 Å². The molecular formula is C15H14N3O3+. The fraction of sp³-hybridized carbons (Fsp3) is 0.0667. The molecule has 2 rings (SSSR count). The highest BCUT2D eigenvalue weighted by atomic mass is 16.6. The second-order valence-corrected chi connectivity index (χ2v) is 4.31. The summed E-state index contributed by atoms with van der Waals surface area (Å²) in [5.41, 5.74) is 1.55. The maximum Gasteiger partial charge on any atom is 0.270 e. The van der Waals surface area contributed by atoms with Crippen LogP contribution < -0.4 is 10.3 Å². The van der Waals surface area contributed by atoms with E-state index in [-0.39, 0.29) is 11.6 Å². The summed E-state index contributed by atoms with van der Waals surface area (Å²) in [6, 6.07) is 9.83. The molecule has 0 bridgehead atoms. The van der Waals surface area contributed by atoms with E-state index < -0.39 is 4.92 Å². The van der Waals surface area contributed by atoms with E-state index in [0.29, 0.717) is 12.1 Å². The minimum Gasteiger partial charge on any atom is -0.348 e. The van der Waals surface area contributed by atoms with Gasteiger partial charge in [0.25, 0.3) is 5.69 Å². The molecule has 0 saturated heterocycles. The Morgan fingerprint density at radius 3 is 2.90 bits per heavy atom. The SMILES string of the molecule is O=C(C=Cc1cccc([N+](=O)[O-])c1)NCc1ccc[nH+]c1. The van der Waals surface area contributed by atoms with Crippen molar-refractivity contribution < 1.29 is 14.7 Å². The fourth-order valence-corrected chi connectivity index (χ4v) is 1.70. The number of non-ortho nitro benzene ring substituents is 1. The topological polar surface area (TPSA) is 86.4 Å². The van der Waals surface area contributed by atoms with Crippen LogP contribution in [0.15, 0.2) is 54.9 Å². The summed E-state index contributed by atoms with van der Waals surface area (Å²) in [4.78, 5) is 24.8. The van der Waals surface area contributed by atoms with Gasteiger partial charge in [-0.3, -0.25) is 14.9 Å². The Kier molecular flexibility index (Phi) is 4.76. The second kappa shape index (κ2) is 6.95. The Morgan fingerprint density at radius 2 is 2.19 bits per heavy atom. The molecule has 0 radical (unpaired) electrons. The van der Waals surface area contributed by atoms with Crippen molar-refractivity contribution in [3.05, 3.63) is 76.1 Å². The zero-order valence-electron chi connectivity index (χ0n) is 11.2. The molecule has 0 aliphatic rings. The van der Waals surface area contributed by atoms with Gasteiger partial charge in [0.15, 0.2) is 12.4 Å². The van der Waals surface area contributed by atoms with Crippen LogP contribution in [-0.4, -0.2) is 10.8 Å². The van der Waals surface area contributed by atoms with Crippen LogP contribution in [0.2, 0.25) is 0 Å². The van der Waals surface area contributed by atoms with E-state index >= 15 is 0 Å². The number of carbonyl (C=O) groups excluding carboxylic acids is 1. The van der Waals surface area contributed by atoms with Crippen LogP contribution in [0.3, 0.4) is 0 Å². The largest absolute Gasteiger partial charge is 0.348 e. The summed E-state index contributed by atoms with van der Waals surface area (Å²) >= 11 is 0. The normalized spacial score (nSPS) is 10.5. The lowest BCUT2D eigenvalue weighted by molar-refractivity contribution is -0.384. The summed E-state index contributed by atoms with van der Waals surface area (Å²) < 4.78 is 0. The standard InChI is InChI=1S/C15H13N3O3/c19-15(17-11-13-4-2-8-16-10-13)7-6-12-3-1-5-14(9-12)18(20)21/h1-10H,11H2,(H,17,19)/p+1. The molecule has 106 valence electrons. The molecule has 0 saturated carbocycles. The maximum absolute atomic E-state index is 11.7. The van der Waals surface area contributed by atoms with Gasteiger partial charge in [-0.1, -0.05) is 12.1 Å². The van der Waals surface area contributed by atoms with Gasteiger partial charge in [-0.2, -0.15) is 0 Å². The number of hydrogen-bond acceptors (Lipinski definition) is 3. The number of aromatic amines is 1.